The highest BCUT2D eigenvalue weighted by Gasteiger charge is 2.09. The van der Waals surface area contributed by atoms with Crippen LogP contribution in [0.3, 0.4) is 0 Å². The van der Waals surface area contributed by atoms with Crippen molar-refractivity contribution in [3.63, 3.8) is 0 Å². The van der Waals surface area contributed by atoms with Crippen LogP contribution in [-0.4, -0.2) is 0 Å². The summed E-state index contributed by atoms with van der Waals surface area (Å²) in [5.74, 6) is 0. The number of hydrogen-bond donors (Lipinski definition) is 0. The van der Waals surface area contributed by atoms with E-state index >= 15 is 0 Å². The minimum Gasteiger partial charge on any atom is -0.135 e. The van der Waals surface area contributed by atoms with E-state index in [0.717, 1.165) is 4.47 Å². The molecule has 114 valence electrons. The maximum absolute atomic E-state index is 3.51. The van der Waals surface area contributed by atoms with Gasteiger partial charge in [-0.05, 0) is 46.2 Å². The lowest BCUT2D eigenvalue weighted by atomic mass is 10.0. The van der Waals surface area contributed by atoms with Crippen LogP contribution >= 0.6 is 27.3 Å². The van der Waals surface area contributed by atoms with Crippen LogP contribution in [0, 0.1) is 0 Å². The van der Waals surface area contributed by atoms with Gasteiger partial charge in [-0.15, -0.1) is 11.3 Å². The standard InChI is InChI=1S/C22H13BrS/c23-17-9-5-14(6-10-17)16-7-11-19-21(13-16)24-20-12-8-15-3-1-2-4-18(15)22(19)20/h1-13H. The van der Waals surface area contributed by atoms with Crippen LogP contribution in [0.4, 0.5) is 0 Å². The zero-order valence-corrected chi connectivity index (χ0v) is 15.2. The van der Waals surface area contributed by atoms with Crippen molar-refractivity contribution < 1.29 is 0 Å². The first-order valence-electron chi connectivity index (χ1n) is 7.89. The molecular weight excluding hydrogens is 376 g/mol. The molecule has 0 N–H and O–H groups in total. The number of halogens is 1. The normalized spacial score (nSPS) is 11.5. The third-order valence-electron chi connectivity index (χ3n) is 4.54. The van der Waals surface area contributed by atoms with Crippen molar-refractivity contribution in [3.05, 3.63) is 83.3 Å². The molecule has 1 aromatic heterocycles. The third-order valence-corrected chi connectivity index (χ3v) is 6.19. The lowest BCUT2D eigenvalue weighted by Gasteiger charge is -2.03. The molecule has 24 heavy (non-hydrogen) atoms. The second kappa shape index (κ2) is 5.44. The van der Waals surface area contributed by atoms with Crippen molar-refractivity contribution in [2.75, 3.05) is 0 Å². The van der Waals surface area contributed by atoms with Gasteiger partial charge in [-0.1, -0.05) is 70.5 Å². The highest BCUT2D eigenvalue weighted by molar-refractivity contribution is 9.10. The first kappa shape index (κ1) is 14.2. The summed E-state index contributed by atoms with van der Waals surface area (Å²) in [5, 5.41) is 5.39. The fourth-order valence-corrected chi connectivity index (χ4v) is 4.79. The molecule has 0 aliphatic carbocycles. The van der Waals surface area contributed by atoms with Gasteiger partial charge in [0.2, 0.25) is 0 Å². The predicted molar refractivity (Wildman–Crippen MR) is 110 cm³/mol. The van der Waals surface area contributed by atoms with Crippen molar-refractivity contribution in [1.29, 1.82) is 0 Å². The molecule has 0 saturated heterocycles. The number of benzene rings is 4. The van der Waals surface area contributed by atoms with Gasteiger partial charge in [0.1, 0.15) is 0 Å². The monoisotopic (exact) mass is 388 g/mol. The Hall–Kier alpha value is -2.16. The summed E-state index contributed by atoms with van der Waals surface area (Å²) in [5.41, 5.74) is 2.52. The Morgan fingerprint density at radius 3 is 2.29 bits per heavy atom. The van der Waals surface area contributed by atoms with E-state index in [1.807, 2.05) is 11.3 Å². The summed E-state index contributed by atoms with van der Waals surface area (Å²) in [6.45, 7) is 0. The van der Waals surface area contributed by atoms with E-state index in [1.54, 1.807) is 0 Å². The molecule has 0 amide bonds. The largest absolute Gasteiger partial charge is 0.135 e. The second-order valence-electron chi connectivity index (χ2n) is 5.98. The highest BCUT2D eigenvalue weighted by Crippen LogP contribution is 2.40. The molecule has 0 nitrogen and oxygen atoms in total. The zero-order chi connectivity index (χ0) is 16.1. The average Bonchev–Trinajstić information content (AvgIpc) is 3.00. The van der Waals surface area contributed by atoms with Crippen molar-refractivity contribution >= 4 is 58.2 Å². The molecule has 0 atom stereocenters. The van der Waals surface area contributed by atoms with E-state index in [0.29, 0.717) is 0 Å². The molecule has 0 unspecified atom stereocenters. The van der Waals surface area contributed by atoms with Gasteiger partial charge in [0.15, 0.2) is 0 Å². The Labute approximate surface area is 152 Å². The summed E-state index contributed by atoms with van der Waals surface area (Å²) in [6.07, 6.45) is 0. The molecule has 0 aliphatic heterocycles. The van der Waals surface area contributed by atoms with Gasteiger partial charge >= 0.3 is 0 Å². The molecule has 2 heteroatoms. The first-order chi connectivity index (χ1) is 11.8. The Kier molecular flexibility index (Phi) is 3.22. The average molecular weight is 389 g/mol. The molecule has 0 aliphatic rings. The van der Waals surface area contributed by atoms with Crippen LogP contribution in [0.1, 0.15) is 0 Å². The molecule has 0 spiro atoms. The summed E-state index contributed by atoms with van der Waals surface area (Å²) in [7, 11) is 0. The predicted octanol–water partition coefficient (Wildman–Crippen LogP) is 7.64. The molecule has 0 radical (unpaired) electrons. The van der Waals surface area contributed by atoms with Crippen LogP contribution in [0.5, 0.6) is 0 Å². The molecule has 4 aromatic carbocycles. The van der Waals surface area contributed by atoms with Gasteiger partial charge in [-0.25, -0.2) is 0 Å². The Balaban J connectivity index is 1.80. The lowest BCUT2D eigenvalue weighted by Crippen LogP contribution is -1.77. The quantitative estimate of drug-likeness (QED) is 0.276. The Morgan fingerprint density at radius 2 is 1.42 bits per heavy atom. The van der Waals surface area contributed by atoms with Crippen LogP contribution in [-0.2, 0) is 0 Å². The summed E-state index contributed by atoms with van der Waals surface area (Å²) < 4.78 is 3.82. The van der Waals surface area contributed by atoms with Gasteiger partial charge in [-0.3, -0.25) is 0 Å². The van der Waals surface area contributed by atoms with Crippen LogP contribution < -0.4 is 0 Å². The van der Waals surface area contributed by atoms with E-state index in [1.165, 1.54) is 42.1 Å². The van der Waals surface area contributed by atoms with Crippen LogP contribution in [0.25, 0.3) is 42.1 Å². The van der Waals surface area contributed by atoms with E-state index in [-0.39, 0.29) is 0 Å². The fraction of sp³-hybridized carbons (Fsp3) is 0. The summed E-state index contributed by atoms with van der Waals surface area (Å²) in [6, 6.07) is 28.5. The van der Waals surface area contributed by atoms with Crippen molar-refractivity contribution in [3.8, 4) is 11.1 Å². The second-order valence-corrected chi connectivity index (χ2v) is 7.98. The van der Waals surface area contributed by atoms with Gasteiger partial charge in [0.05, 0.1) is 0 Å². The number of hydrogen-bond acceptors (Lipinski definition) is 1. The van der Waals surface area contributed by atoms with E-state index in [2.05, 4.69) is 94.8 Å². The number of rotatable bonds is 1. The van der Waals surface area contributed by atoms with Crippen LogP contribution in [0.2, 0.25) is 0 Å². The highest BCUT2D eigenvalue weighted by atomic mass is 79.9. The van der Waals surface area contributed by atoms with Crippen molar-refractivity contribution in [2.24, 2.45) is 0 Å². The molecule has 0 saturated carbocycles. The zero-order valence-electron chi connectivity index (χ0n) is 12.8. The molecular formula is C22H13BrS. The number of fused-ring (bicyclic) bond motifs is 5. The SMILES string of the molecule is Brc1ccc(-c2ccc3c(c2)sc2ccc4ccccc4c23)cc1. The smallest absolute Gasteiger partial charge is 0.0361 e. The van der Waals surface area contributed by atoms with Crippen molar-refractivity contribution in [1.82, 2.24) is 0 Å². The topological polar surface area (TPSA) is 0 Å². The molecule has 0 bridgehead atoms. The fourth-order valence-electron chi connectivity index (χ4n) is 3.37. The maximum atomic E-state index is 3.51. The van der Waals surface area contributed by atoms with Gasteiger partial charge in [-0.2, -0.15) is 0 Å². The van der Waals surface area contributed by atoms with E-state index < -0.39 is 0 Å². The molecule has 5 aromatic rings. The molecule has 1 heterocycles. The van der Waals surface area contributed by atoms with Crippen LogP contribution in [0.15, 0.2) is 83.3 Å². The van der Waals surface area contributed by atoms with E-state index in [4.69, 9.17) is 0 Å². The third kappa shape index (κ3) is 2.18. The molecule has 5 rings (SSSR count). The van der Waals surface area contributed by atoms with Crippen molar-refractivity contribution in [2.45, 2.75) is 0 Å². The molecule has 0 fully saturated rings. The van der Waals surface area contributed by atoms with Gasteiger partial charge in [0.25, 0.3) is 0 Å². The maximum Gasteiger partial charge on any atom is 0.0361 e. The Morgan fingerprint density at radius 1 is 0.625 bits per heavy atom. The minimum absolute atomic E-state index is 1.11. The first-order valence-corrected chi connectivity index (χ1v) is 9.50. The Bertz CT molecular complexity index is 1200. The lowest BCUT2D eigenvalue weighted by molar-refractivity contribution is 1.62. The summed E-state index contributed by atoms with van der Waals surface area (Å²) in [4.78, 5) is 0. The minimum atomic E-state index is 1.11. The van der Waals surface area contributed by atoms with Gasteiger partial charge < -0.3 is 0 Å². The van der Waals surface area contributed by atoms with E-state index in [9.17, 15) is 0 Å². The van der Waals surface area contributed by atoms with Gasteiger partial charge in [0, 0.05) is 24.6 Å². The summed E-state index contributed by atoms with van der Waals surface area (Å²) >= 11 is 5.39. The number of thiophene rings is 1.